The van der Waals surface area contributed by atoms with Gasteiger partial charge in [-0.2, -0.15) is 0 Å². The molecule has 5 nitrogen and oxygen atoms in total. The summed E-state index contributed by atoms with van der Waals surface area (Å²) in [5.41, 5.74) is 2.73. The molecular weight excluding hydrogens is 460 g/mol. The van der Waals surface area contributed by atoms with Crippen LogP contribution in [0.3, 0.4) is 0 Å². The molecule has 0 saturated heterocycles. The number of hydrogen-bond acceptors (Lipinski definition) is 3. The zero-order chi connectivity index (χ0) is 18.5. The van der Waals surface area contributed by atoms with Gasteiger partial charge in [-0.05, 0) is 42.8 Å². The maximum Gasteiger partial charge on any atom is 0.191 e. The van der Waals surface area contributed by atoms with E-state index in [4.69, 9.17) is 9.15 Å². The van der Waals surface area contributed by atoms with Crippen LogP contribution in [0.25, 0.3) is 11.0 Å². The molecule has 0 bridgehead atoms. The second-order valence-corrected chi connectivity index (χ2v) is 5.92. The smallest absolute Gasteiger partial charge is 0.191 e. The Hall–Kier alpha value is -2.29. The standard InChI is InChI=1S/C20H22FN3O2.HI/c1-13-17-10-15(21)6-9-18(17)26-19(13)12-24-20(22-2)23-11-14-4-7-16(25-3)8-5-14;/h4-10H,11-12H2,1-3H3,(H2,22,23,24);1H. The van der Waals surface area contributed by atoms with Crippen molar-refractivity contribution in [1.29, 1.82) is 0 Å². The van der Waals surface area contributed by atoms with Crippen molar-refractivity contribution in [3.63, 3.8) is 0 Å². The van der Waals surface area contributed by atoms with Gasteiger partial charge in [-0.1, -0.05) is 12.1 Å². The van der Waals surface area contributed by atoms with Crippen molar-refractivity contribution in [2.45, 2.75) is 20.0 Å². The van der Waals surface area contributed by atoms with E-state index in [9.17, 15) is 4.39 Å². The van der Waals surface area contributed by atoms with Gasteiger partial charge in [-0.3, -0.25) is 4.99 Å². The first-order chi connectivity index (χ1) is 12.6. The lowest BCUT2D eigenvalue weighted by atomic mass is 10.1. The summed E-state index contributed by atoms with van der Waals surface area (Å²) in [4.78, 5) is 4.22. The molecule has 0 aliphatic carbocycles. The van der Waals surface area contributed by atoms with Crippen LogP contribution < -0.4 is 15.4 Å². The number of furan rings is 1. The highest BCUT2D eigenvalue weighted by Crippen LogP contribution is 2.25. The highest BCUT2D eigenvalue weighted by Gasteiger charge is 2.11. The number of halogens is 2. The van der Waals surface area contributed by atoms with E-state index in [0.717, 1.165) is 28.0 Å². The molecule has 27 heavy (non-hydrogen) atoms. The molecular formula is C20H23FIN3O2. The Labute approximate surface area is 175 Å². The van der Waals surface area contributed by atoms with Crippen LogP contribution in [-0.2, 0) is 13.1 Å². The van der Waals surface area contributed by atoms with Crippen molar-refractivity contribution in [3.8, 4) is 5.75 Å². The van der Waals surface area contributed by atoms with Crippen LogP contribution in [0.1, 0.15) is 16.9 Å². The Morgan fingerprint density at radius 2 is 1.81 bits per heavy atom. The molecule has 3 aromatic rings. The Bertz CT molecular complexity index is 923. The van der Waals surface area contributed by atoms with Crippen LogP contribution in [0.2, 0.25) is 0 Å². The maximum absolute atomic E-state index is 13.4. The lowest BCUT2D eigenvalue weighted by molar-refractivity contribution is 0.414. The van der Waals surface area contributed by atoms with Crippen LogP contribution in [0, 0.1) is 12.7 Å². The second-order valence-electron chi connectivity index (χ2n) is 5.92. The Morgan fingerprint density at radius 1 is 1.11 bits per heavy atom. The van der Waals surface area contributed by atoms with Gasteiger partial charge in [0.25, 0.3) is 0 Å². The summed E-state index contributed by atoms with van der Waals surface area (Å²) >= 11 is 0. The molecule has 0 fully saturated rings. The number of hydrogen-bond donors (Lipinski definition) is 2. The minimum Gasteiger partial charge on any atom is -0.497 e. The molecule has 3 rings (SSSR count). The number of guanidine groups is 1. The molecule has 0 saturated carbocycles. The molecule has 1 aromatic heterocycles. The summed E-state index contributed by atoms with van der Waals surface area (Å²) in [6.07, 6.45) is 0. The number of fused-ring (bicyclic) bond motifs is 1. The predicted molar refractivity (Wildman–Crippen MR) is 116 cm³/mol. The number of nitrogens with zero attached hydrogens (tertiary/aromatic N) is 1. The average Bonchev–Trinajstić information content (AvgIpc) is 2.98. The van der Waals surface area contributed by atoms with Crippen molar-refractivity contribution in [2.24, 2.45) is 4.99 Å². The van der Waals surface area contributed by atoms with E-state index in [0.29, 0.717) is 24.6 Å². The fraction of sp³-hybridized carbons (Fsp3) is 0.250. The van der Waals surface area contributed by atoms with Gasteiger partial charge in [-0.15, -0.1) is 24.0 Å². The number of aliphatic imine (C=N–C) groups is 1. The minimum absolute atomic E-state index is 0. The third-order valence-electron chi connectivity index (χ3n) is 4.26. The van der Waals surface area contributed by atoms with Crippen molar-refractivity contribution < 1.29 is 13.5 Å². The summed E-state index contributed by atoms with van der Waals surface area (Å²) < 4.78 is 24.4. The summed E-state index contributed by atoms with van der Waals surface area (Å²) in [5, 5.41) is 7.27. The van der Waals surface area contributed by atoms with Crippen LogP contribution in [0.15, 0.2) is 51.9 Å². The quantitative estimate of drug-likeness (QED) is 0.322. The normalized spacial score (nSPS) is 11.2. The van der Waals surface area contributed by atoms with E-state index in [1.165, 1.54) is 12.1 Å². The molecule has 0 amide bonds. The third kappa shape index (κ3) is 5.12. The minimum atomic E-state index is -0.266. The van der Waals surface area contributed by atoms with Crippen molar-refractivity contribution in [3.05, 3.63) is 65.2 Å². The third-order valence-corrected chi connectivity index (χ3v) is 4.26. The fourth-order valence-corrected chi connectivity index (χ4v) is 2.73. The Balaban J connectivity index is 0.00000261. The molecule has 0 aliphatic heterocycles. The number of aryl methyl sites for hydroxylation is 1. The largest absolute Gasteiger partial charge is 0.497 e. The molecule has 144 valence electrons. The fourth-order valence-electron chi connectivity index (χ4n) is 2.73. The van der Waals surface area contributed by atoms with Crippen LogP contribution >= 0.6 is 24.0 Å². The van der Waals surface area contributed by atoms with Crippen LogP contribution in [0.4, 0.5) is 4.39 Å². The van der Waals surface area contributed by atoms with Gasteiger partial charge >= 0.3 is 0 Å². The summed E-state index contributed by atoms with van der Waals surface area (Å²) in [6.45, 7) is 3.02. The number of benzene rings is 2. The van der Waals surface area contributed by atoms with Crippen LogP contribution in [-0.4, -0.2) is 20.1 Å². The number of ether oxygens (including phenoxy) is 1. The highest BCUT2D eigenvalue weighted by atomic mass is 127. The highest BCUT2D eigenvalue weighted by molar-refractivity contribution is 14.0. The molecule has 2 N–H and O–H groups in total. The van der Waals surface area contributed by atoms with E-state index in [1.807, 2.05) is 31.2 Å². The van der Waals surface area contributed by atoms with Crippen molar-refractivity contribution in [2.75, 3.05) is 14.2 Å². The zero-order valence-electron chi connectivity index (χ0n) is 15.5. The van der Waals surface area contributed by atoms with E-state index in [2.05, 4.69) is 15.6 Å². The molecule has 2 aromatic carbocycles. The van der Waals surface area contributed by atoms with E-state index >= 15 is 0 Å². The lowest BCUT2D eigenvalue weighted by Gasteiger charge is -2.11. The molecule has 0 unspecified atom stereocenters. The van der Waals surface area contributed by atoms with Gasteiger partial charge in [0.2, 0.25) is 0 Å². The van der Waals surface area contributed by atoms with Crippen molar-refractivity contribution >= 4 is 40.9 Å². The lowest BCUT2D eigenvalue weighted by Crippen LogP contribution is -2.36. The van der Waals surface area contributed by atoms with Gasteiger partial charge in [0.05, 0.1) is 13.7 Å². The van der Waals surface area contributed by atoms with Gasteiger partial charge < -0.3 is 19.8 Å². The SMILES string of the molecule is CN=C(NCc1ccc(OC)cc1)NCc1oc2ccc(F)cc2c1C.I. The number of rotatable bonds is 5. The molecule has 0 atom stereocenters. The topological polar surface area (TPSA) is 58.8 Å². The molecule has 1 heterocycles. The molecule has 0 spiro atoms. The van der Waals surface area contributed by atoms with Gasteiger partial charge in [-0.25, -0.2) is 4.39 Å². The first-order valence-electron chi connectivity index (χ1n) is 8.35. The maximum atomic E-state index is 13.4. The van der Waals surface area contributed by atoms with E-state index in [1.54, 1.807) is 20.2 Å². The first kappa shape index (κ1) is 21.0. The van der Waals surface area contributed by atoms with E-state index < -0.39 is 0 Å². The molecule has 7 heteroatoms. The summed E-state index contributed by atoms with van der Waals surface area (Å²) in [7, 11) is 3.36. The molecule has 0 radical (unpaired) electrons. The van der Waals surface area contributed by atoms with Gasteiger partial charge in [0.15, 0.2) is 5.96 Å². The van der Waals surface area contributed by atoms with Gasteiger partial charge in [0.1, 0.15) is 22.9 Å². The zero-order valence-corrected chi connectivity index (χ0v) is 17.8. The first-order valence-corrected chi connectivity index (χ1v) is 8.35. The Kier molecular flexibility index (Phi) is 7.46. The monoisotopic (exact) mass is 483 g/mol. The van der Waals surface area contributed by atoms with Crippen molar-refractivity contribution in [1.82, 2.24) is 10.6 Å². The summed E-state index contributed by atoms with van der Waals surface area (Å²) in [6, 6.07) is 12.4. The van der Waals surface area contributed by atoms with Crippen LogP contribution in [0.5, 0.6) is 5.75 Å². The predicted octanol–water partition coefficient (Wildman–Crippen LogP) is 4.37. The average molecular weight is 483 g/mol. The number of nitrogens with one attached hydrogen (secondary N) is 2. The van der Waals surface area contributed by atoms with E-state index in [-0.39, 0.29) is 29.8 Å². The molecule has 0 aliphatic rings. The number of methoxy groups -OCH3 is 1. The second kappa shape index (κ2) is 9.59. The summed E-state index contributed by atoms with van der Waals surface area (Å²) in [5.74, 6) is 1.98. The van der Waals surface area contributed by atoms with Gasteiger partial charge in [0, 0.05) is 24.5 Å². The Morgan fingerprint density at radius 3 is 2.48 bits per heavy atom.